The van der Waals surface area contributed by atoms with Gasteiger partial charge in [0.1, 0.15) is 11.8 Å². The van der Waals surface area contributed by atoms with Crippen LogP contribution in [0.25, 0.3) is 0 Å². The molecule has 0 bridgehead atoms. The largest absolute Gasteiger partial charge is 0.497 e. The van der Waals surface area contributed by atoms with Gasteiger partial charge in [0.2, 0.25) is 5.91 Å². The summed E-state index contributed by atoms with van der Waals surface area (Å²) in [5.41, 5.74) is 0.604. The molecule has 0 fully saturated rings. The van der Waals surface area contributed by atoms with E-state index in [4.69, 9.17) is 9.15 Å². The summed E-state index contributed by atoms with van der Waals surface area (Å²) in [6, 6.07) is 9.52. The number of ether oxygens (including phenoxy) is 1. The van der Waals surface area contributed by atoms with Crippen LogP contribution in [0.4, 0.5) is 5.69 Å². The van der Waals surface area contributed by atoms with Gasteiger partial charge in [-0.25, -0.2) is 0 Å². The maximum atomic E-state index is 12.5. The van der Waals surface area contributed by atoms with Crippen molar-refractivity contribution in [2.24, 2.45) is 5.92 Å². The molecule has 0 aliphatic heterocycles. The number of rotatable bonds is 6. The summed E-state index contributed by atoms with van der Waals surface area (Å²) in [6.45, 7) is 3.72. The van der Waals surface area contributed by atoms with Crippen molar-refractivity contribution in [1.29, 1.82) is 0 Å². The van der Waals surface area contributed by atoms with Crippen molar-refractivity contribution in [2.45, 2.75) is 19.9 Å². The first-order valence-electron chi connectivity index (χ1n) is 7.30. The lowest BCUT2D eigenvalue weighted by atomic mass is 10.0. The van der Waals surface area contributed by atoms with Crippen molar-refractivity contribution in [2.75, 3.05) is 12.4 Å². The second-order valence-electron chi connectivity index (χ2n) is 5.39. The summed E-state index contributed by atoms with van der Waals surface area (Å²) in [4.78, 5) is 24.5. The molecule has 2 rings (SSSR count). The number of carbonyl (C=O) groups is 2. The molecule has 0 spiro atoms. The smallest absolute Gasteiger partial charge is 0.287 e. The standard InChI is InChI=1S/C17H20N2O4/c1-11(2)15(19-16(20)14-8-5-9-23-14)17(21)18-12-6-4-7-13(10-12)22-3/h4-11,15H,1-3H3,(H,18,21)(H,19,20)/t15-/m0/s1. The topological polar surface area (TPSA) is 80.6 Å². The van der Waals surface area contributed by atoms with Crippen LogP contribution in [0.3, 0.4) is 0 Å². The van der Waals surface area contributed by atoms with Gasteiger partial charge in [0.15, 0.2) is 5.76 Å². The first kappa shape index (κ1) is 16.6. The van der Waals surface area contributed by atoms with Gasteiger partial charge in [-0.1, -0.05) is 19.9 Å². The highest BCUT2D eigenvalue weighted by Crippen LogP contribution is 2.17. The number of benzene rings is 1. The number of nitrogens with one attached hydrogen (secondary N) is 2. The van der Waals surface area contributed by atoms with Crippen molar-refractivity contribution < 1.29 is 18.7 Å². The van der Waals surface area contributed by atoms with Gasteiger partial charge in [0.25, 0.3) is 5.91 Å². The summed E-state index contributed by atoms with van der Waals surface area (Å²) in [5, 5.41) is 5.48. The Morgan fingerprint density at radius 3 is 2.57 bits per heavy atom. The van der Waals surface area contributed by atoms with Crippen LogP contribution in [0.2, 0.25) is 0 Å². The van der Waals surface area contributed by atoms with Crippen molar-refractivity contribution >= 4 is 17.5 Å². The Morgan fingerprint density at radius 1 is 1.17 bits per heavy atom. The third-order valence-corrected chi connectivity index (χ3v) is 3.32. The van der Waals surface area contributed by atoms with Crippen LogP contribution in [-0.2, 0) is 4.79 Å². The normalized spacial score (nSPS) is 11.8. The molecule has 1 heterocycles. The number of anilines is 1. The molecule has 23 heavy (non-hydrogen) atoms. The second kappa shape index (κ2) is 7.49. The van der Waals surface area contributed by atoms with Gasteiger partial charge in [-0.05, 0) is 30.2 Å². The highest BCUT2D eigenvalue weighted by Gasteiger charge is 2.25. The molecule has 1 atom stereocenters. The van der Waals surface area contributed by atoms with Gasteiger partial charge in [0.05, 0.1) is 13.4 Å². The van der Waals surface area contributed by atoms with E-state index in [1.165, 1.54) is 6.26 Å². The van der Waals surface area contributed by atoms with E-state index < -0.39 is 11.9 Å². The van der Waals surface area contributed by atoms with Gasteiger partial charge in [-0.3, -0.25) is 9.59 Å². The SMILES string of the molecule is COc1cccc(NC(=O)[C@@H](NC(=O)c2ccco2)C(C)C)c1. The van der Waals surface area contributed by atoms with Gasteiger partial charge in [-0.2, -0.15) is 0 Å². The molecule has 6 heteroatoms. The molecule has 0 unspecified atom stereocenters. The minimum Gasteiger partial charge on any atom is -0.497 e. The van der Waals surface area contributed by atoms with Crippen LogP contribution in [0.5, 0.6) is 5.75 Å². The summed E-state index contributed by atoms with van der Waals surface area (Å²) in [5.74, 6) is 0.00974. The van der Waals surface area contributed by atoms with E-state index in [1.54, 1.807) is 43.5 Å². The number of amides is 2. The summed E-state index contributed by atoms with van der Waals surface area (Å²) < 4.78 is 10.2. The first-order chi connectivity index (χ1) is 11.0. The fourth-order valence-electron chi connectivity index (χ4n) is 2.08. The Bertz CT molecular complexity index is 665. The molecule has 0 saturated carbocycles. The maximum absolute atomic E-state index is 12.5. The highest BCUT2D eigenvalue weighted by atomic mass is 16.5. The second-order valence-corrected chi connectivity index (χ2v) is 5.39. The maximum Gasteiger partial charge on any atom is 0.287 e. The molecule has 0 saturated heterocycles. The van der Waals surface area contributed by atoms with Gasteiger partial charge in [-0.15, -0.1) is 0 Å². The van der Waals surface area contributed by atoms with E-state index in [9.17, 15) is 9.59 Å². The first-order valence-corrected chi connectivity index (χ1v) is 7.30. The molecule has 2 aromatic rings. The molecule has 1 aromatic heterocycles. The molecule has 0 aliphatic carbocycles. The minimum atomic E-state index is -0.682. The molecule has 2 amide bonds. The Labute approximate surface area is 134 Å². The lowest BCUT2D eigenvalue weighted by Crippen LogP contribution is -2.47. The van der Waals surface area contributed by atoms with Gasteiger partial charge < -0.3 is 19.8 Å². The fourth-order valence-corrected chi connectivity index (χ4v) is 2.08. The third kappa shape index (κ3) is 4.35. The number of methoxy groups -OCH3 is 1. The average Bonchev–Trinajstić information content (AvgIpc) is 3.06. The van der Waals surface area contributed by atoms with Crippen LogP contribution in [0.15, 0.2) is 47.1 Å². The summed E-state index contributed by atoms with van der Waals surface area (Å²) in [6.07, 6.45) is 1.41. The minimum absolute atomic E-state index is 0.0838. The molecule has 1 aromatic carbocycles. The van der Waals surface area contributed by atoms with Crippen molar-refractivity contribution in [1.82, 2.24) is 5.32 Å². The number of hydrogen-bond acceptors (Lipinski definition) is 4. The zero-order valence-electron chi connectivity index (χ0n) is 13.3. The quantitative estimate of drug-likeness (QED) is 0.858. The Morgan fingerprint density at radius 2 is 1.96 bits per heavy atom. The van der Waals surface area contributed by atoms with E-state index in [1.807, 2.05) is 13.8 Å². The van der Waals surface area contributed by atoms with Crippen LogP contribution in [-0.4, -0.2) is 25.0 Å². The zero-order valence-corrected chi connectivity index (χ0v) is 13.3. The number of hydrogen-bond donors (Lipinski definition) is 2. The van der Waals surface area contributed by atoms with Crippen molar-refractivity contribution in [3.63, 3.8) is 0 Å². The lowest BCUT2D eigenvalue weighted by molar-refractivity contribution is -0.118. The fraction of sp³-hybridized carbons (Fsp3) is 0.294. The van der Waals surface area contributed by atoms with Crippen LogP contribution in [0, 0.1) is 5.92 Å². The third-order valence-electron chi connectivity index (χ3n) is 3.32. The highest BCUT2D eigenvalue weighted by molar-refractivity contribution is 6.00. The lowest BCUT2D eigenvalue weighted by Gasteiger charge is -2.21. The molecule has 6 nitrogen and oxygen atoms in total. The Hall–Kier alpha value is -2.76. The molecule has 0 aliphatic rings. The molecule has 122 valence electrons. The van der Waals surface area contributed by atoms with Crippen LogP contribution < -0.4 is 15.4 Å². The van der Waals surface area contributed by atoms with E-state index in [-0.39, 0.29) is 17.6 Å². The molecule has 0 radical (unpaired) electrons. The van der Waals surface area contributed by atoms with Crippen LogP contribution in [0.1, 0.15) is 24.4 Å². The van der Waals surface area contributed by atoms with Gasteiger partial charge in [0, 0.05) is 11.8 Å². The molecular formula is C17H20N2O4. The van der Waals surface area contributed by atoms with Crippen LogP contribution >= 0.6 is 0 Å². The number of carbonyl (C=O) groups excluding carboxylic acids is 2. The van der Waals surface area contributed by atoms with Crippen molar-refractivity contribution in [3.8, 4) is 5.75 Å². The van der Waals surface area contributed by atoms with E-state index in [0.717, 1.165) is 0 Å². The monoisotopic (exact) mass is 316 g/mol. The Balaban J connectivity index is 2.07. The van der Waals surface area contributed by atoms with E-state index in [0.29, 0.717) is 11.4 Å². The number of furan rings is 1. The van der Waals surface area contributed by atoms with E-state index in [2.05, 4.69) is 10.6 Å². The van der Waals surface area contributed by atoms with Crippen molar-refractivity contribution in [3.05, 3.63) is 48.4 Å². The molecule has 2 N–H and O–H groups in total. The predicted molar refractivity (Wildman–Crippen MR) is 86.4 cm³/mol. The zero-order chi connectivity index (χ0) is 16.8. The Kier molecular flexibility index (Phi) is 5.41. The molecular weight excluding hydrogens is 296 g/mol. The predicted octanol–water partition coefficient (Wildman–Crippen LogP) is 2.68. The summed E-state index contributed by atoms with van der Waals surface area (Å²) >= 11 is 0. The van der Waals surface area contributed by atoms with E-state index >= 15 is 0 Å². The summed E-state index contributed by atoms with van der Waals surface area (Å²) in [7, 11) is 1.56. The average molecular weight is 316 g/mol. The van der Waals surface area contributed by atoms with Gasteiger partial charge >= 0.3 is 0 Å².